The molecule has 150 valence electrons. The molecular weight excluding hydrogens is 385 g/mol. The number of hydrogen-bond donors (Lipinski definition) is 1. The Hall–Kier alpha value is -3.61. The van der Waals surface area contributed by atoms with Crippen LogP contribution in [0.15, 0.2) is 54.5 Å². The van der Waals surface area contributed by atoms with E-state index in [2.05, 4.69) is 15.3 Å². The zero-order valence-electron chi connectivity index (χ0n) is 15.2. The standard InChI is InChI=1S/C19H17F3N6O/c20-19(21,22)15-3-1-4-16(11-15)26-17(29)14(12-23)13-27-7-9-28(10-8-27)18-24-5-2-6-25-18/h1-6,11,13H,7-10H2,(H,26,29)/b14-13-. The molecule has 10 heteroatoms. The summed E-state index contributed by atoms with van der Waals surface area (Å²) >= 11 is 0. The Morgan fingerprint density at radius 2 is 1.83 bits per heavy atom. The fourth-order valence-electron chi connectivity index (χ4n) is 2.80. The lowest BCUT2D eigenvalue weighted by atomic mass is 10.2. The van der Waals surface area contributed by atoms with Crippen molar-refractivity contribution in [2.24, 2.45) is 0 Å². The van der Waals surface area contributed by atoms with Gasteiger partial charge in [0.25, 0.3) is 5.91 Å². The van der Waals surface area contributed by atoms with Gasteiger partial charge in [-0.05, 0) is 24.3 Å². The van der Waals surface area contributed by atoms with E-state index in [1.54, 1.807) is 24.5 Å². The highest BCUT2D eigenvalue weighted by molar-refractivity contribution is 6.06. The summed E-state index contributed by atoms with van der Waals surface area (Å²) in [5, 5.41) is 11.6. The molecule has 0 unspecified atom stereocenters. The number of benzene rings is 1. The molecule has 2 aromatic rings. The molecule has 1 aliphatic rings. The maximum Gasteiger partial charge on any atom is 0.416 e. The molecule has 0 spiro atoms. The van der Waals surface area contributed by atoms with Crippen LogP contribution in [0.5, 0.6) is 0 Å². The molecule has 0 bridgehead atoms. The van der Waals surface area contributed by atoms with Crippen molar-refractivity contribution < 1.29 is 18.0 Å². The Balaban J connectivity index is 1.63. The number of alkyl halides is 3. The number of amides is 1. The highest BCUT2D eigenvalue weighted by Crippen LogP contribution is 2.30. The number of piperazine rings is 1. The van der Waals surface area contributed by atoms with Crippen molar-refractivity contribution in [3.05, 3.63) is 60.1 Å². The van der Waals surface area contributed by atoms with E-state index in [0.29, 0.717) is 32.1 Å². The lowest BCUT2D eigenvalue weighted by Gasteiger charge is -2.34. The molecule has 1 aromatic heterocycles. The molecule has 1 fully saturated rings. The molecule has 1 N–H and O–H groups in total. The van der Waals surface area contributed by atoms with E-state index < -0.39 is 17.6 Å². The van der Waals surface area contributed by atoms with E-state index in [1.807, 2.05) is 9.80 Å². The molecule has 1 aromatic carbocycles. The van der Waals surface area contributed by atoms with Crippen LogP contribution in [0.3, 0.4) is 0 Å². The van der Waals surface area contributed by atoms with Crippen LogP contribution in [-0.2, 0) is 11.0 Å². The second-order valence-electron chi connectivity index (χ2n) is 6.26. The third-order valence-electron chi connectivity index (χ3n) is 4.27. The Morgan fingerprint density at radius 1 is 1.14 bits per heavy atom. The minimum atomic E-state index is -4.52. The van der Waals surface area contributed by atoms with Crippen molar-refractivity contribution in [1.82, 2.24) is 14.9 Å². The van der Waals surface area contributed by atoms with E-state index in [9.17, 15) is 23.2 Å². The normalized spacial score (nSPS) is 15.0. The summed E-state index contributed by atoms with van der Waals surface area (Å²) in [4.78, 5) is 24.5. The zero-order valence-corrected chi connectivity index (χ0v) is 15.2. The van der Waals surface area contributed by atoms with Gasteiger partial charge in [-0.3, -0.25) is 4.79 Å². The first-order valence-electron chi connectivity index (χ1n) is 8.73. The van der Waals surface area contributed by atoms with Gasteiger partial charge >= 0.3 is 6.18 Å². The molecule has 1 amide bonds. The molecule has 1 saturated heterocycles. The quantitative estimate of drug-likeness (QED) is 0.625. The van der Waals surface area contributed by atoms with Crippen LogP contribution in [-0.4, -0.2) is 47.0 Å². The van der Waals surface area contributed by atoms with Gasteiger partial charge in [0.15, 0.2) is 0 Å². The van der Waals surface area contributed by atoms with Gasteiger partial charge < -0.3 is 15.1 Å². The summed E-state index contributed by atoms with van der Waals surface area (Å²) in [6.45, 7) is 2.30. The summed E-state index contributed by atoms with van der Waals surface area (Å²) in [5.74, 6) is -0.153. The maximum absolute atomic E-state index is 12.8. The molecule has 2 heterocycles. The van der Waals surface area contributed by atoms with Gasteiger partial charge in [0.1, 0.15) is 11.6 Å². The minimum absolute atomic E-state index is 0.0305. The predicted molar refractivity (Wildman–Crippen MR) is 99.6 cm³/mol. The Bertz CT molecular complexity index is 931. The fourth-order valence-corrected chi connectivity index (χ4v) is 2.80. The number of rotatable bonds is 4. The second kappa shape index (κ2) is 8.60. The number of carbonyl (C=O) groups excluding carboxylic acids is 1. The number of hydrogen-bond acceptors (Lipinski definition) is 6. The van der Waals surface area contributed by atoms with Crippen molar-refractivity contribution in [3.63, 3.8) is 0 Å². The van der Waals surface area contributed by atoms with Gasteiger partial charge in [-0.15, -0.1) is 0 Å². The summed E-state index contributed by atoms with van der Waals surface area (Å²) in [6.07, 6.45) is 0.212. The summed E-state index contributed by atoms with van der Waals surface area (Å²) in [6, 6.07) is 7.79. The molecular formula is C19H17F3N6O. The number of nitriles is 1. The monoisotopic (exact) mass is 402 g/mol. The molecule has 0 atom stereocenters. The minimum Gasteiger partial charge on any atom is -0.373 e. The van der Waals surface area contributed by atoms with Crippen molar-refractivity contribution in [2.75, 3.05) is 36.4 Å². The van der Waals surface area contributed by atoms with Crippen molar-refractivity contribution in [1.29, 1.82) is 5.26 Å². The number of carbonyl (C=O) groups is 1. The van der Waals surface area contributed by atoms with E-state index in [-0.39, 0.29) is 11.3 Å². The van der Waals surface area contributed by atoms with E-state index in [1.165, 1.54) is 18.3 Å². The molecule has 29 heavy (non-hydrogen) atoms. The van der Waals surface area contributed by atoms with Gasteiger partial charge in [-0.1, -0.05) is 6.07 Å². The van der Waals surface area contributed by atoms with Gasteiger partial charge in [-0.25, -0.2) is 9.97 Å². The lowest BCUT2D eigenvalue weighted by Crippen LogP contribution is -2.45. The first-order valence-corrected chi connectivity index (χ1v) is 8.73. The third-order valence-corrected chi connectivity index (χ3v) is 4.27. The highest BCUT2D eigenvalue weighted by atomic mass is 19.4. The summed E-state index contributed by atoms with van der Waals surface area (Å²) in [7, 11) is 0. The van der Waals surface area contributed by atoms with E-state index in [4.69, 9.17) is 0 Å². The zero-order chi connectivity index (χ0) is 20.9. The number of aromatic nitrogens is 2. The van der Waals surface area contributed by atoms with E-state index >= 15 is 0 Å². The molecule has 1 aliphatic heterocycles. The Kier molecular flexibility index (Phi) is 5.97. The average Bonchev–Trinajstić information content (AvgIpc) is 2.72. The Labute approximate surface area is 165 Å². The molecule has 7 nitrogen and oxygen atoms in total. The maximum atomic E-state index is 12.8. The number of halogens is 3. The smallest absolute Gasteiger partial charge is 0.373 e. The van der Waals surface area contributed by atoms with Gasteiger partial charge in [-0.2, -0.15) is 18.4 Å². The van der Waals surface area contributed by atoms with Crippen molar-refractivity contribution >= 4 is 17.5 Å². The fraction of sp³-hybridized carbons (Fsp3) is 0.263. The number of anilines is 2. The largest absolute Gasteiger partial charge is 0.416 e. The molecule has 0 radical (unpaired) electrons. The topological polar surface area (TPSA) is 85.2 Å². The van der Waals surface area contributed by atoms with Crippen LogP contribution in [0.4, 0.5) is 24.8 Å². The van der Waals surface area contributed by atoms with Crippen LogP contribution in [0.1, 0.15) is 5.56 Å². The van der Waals surface area contributed by atoms with Crippen LogP contribution in [0.25, 0.3) is 0 Å². The lowest BCUT2D eigenvalue weighted by molar-refractivity contribution is -0.137. The number of nitrogens with zero attached hydrogens (tertiary/aromatic N) is 5. The van der Waals surface area contributed by atoms with Crippen LogP contribution >= 0.6 is 0 Å². The highest BCUT2D eigenvalue weighted by Gasteiger charge is 2.30. The SMILES string of the molecule is N#C/C(=C/N1CCN(c2ncccn2)CC1)C(=O)Nc1cccc(C(F)(F)F)c1. The van der Waals surface area contributed by atoms with Crippen LogP contribution in [0.2, 0.25) is 0 Å². The molecule has 3 rings (SSSR count). The first-order chi connectivity index (χ1) is 13.9. The second-order valence-corrected chi connectivity index (χ2v) is 6.26. The van der Waals surface area contributed by atoms with Gasteiger partial charge in [0.05, 0.1) is 5.56 Å². The molecule has 0 aliphatic carbocycles. The summed E-state index contributed by atoms with van der Waals surface area (Å²) in [5.41, 5.74) is -1.10. The van der Waals surface area contributed by atoms with Crippen molar-refractivity contribution in [2.45, 2.75) is 6.18 Å². The first kappa shape index (κ1) is 20.1. The van der Waals surface area contributed by atoms with Crippen LogP contribution < -0.4 is 10.2 Å². The Morgan fingerprint density at radius 3 is 2.45 bits per heavy atom. The van der Waals surface area contributed by atoms with Gasteiger partial charge in [0, 0.05) is 50.5 Å². The van der Waals surface area contributed by atoms with E-state index in [0.717, 1.165) is 12.1 Å². The molecule has 0 saturated carbocycles. The van der Waals surface area contributed by atoms with Crippen LogP contribution in [0, 0.1) is 11.3 Å². The number of nitrogens with one attached hydrogen (secondary N) is 1. The predicted octanol–water partition coefficient (Wildman–Crippen LogP) is 2.66. The van der Waals surface area contributed by atoms with Gasteiger partial charge in [0.2, 0.25) is 5.95 Å². The average molecular weight is 402 g/mol. The summed E-state index contributed by atoms with van der Waals surface area (Å²) < 4.78 is 38.4. The third kappa shape index (κ3) is 5.22. The van der Waals surface area contributed by atoms with Crippen molar-refractivity contribution in [3.8, 4) is 6.07 Å².